The van der Waals surface area contributed by atoms with Crippen molar-refractivity contribution in [2.24, 2.45) is 11.3 Å². The largest absolute Gasteiger partial charge is 0.350 e. The molecule has 1 aliphatic carbocycles. The number of nitrogens with one attached hydrogen (secondary N) is 2. The van der Waals surface area contributed by atoms with Gasteiger partial charge in [0.1, 0.15) is 0 Å². The molecule has 1 atom stereocenters. The van der Waals surface area contributed by atoms with Crippen molar-refractivity contribution in [2.75, 3.05) is 13.1 Å². The average molecular weight is 259 g/mol. The molecule has 2 N–H and O–H groups in total. The number of carbonyl (C=O) groups is 1. The van der Waals surface area contributed by atoms with E-state index < -0.39 is 0 Å². The molecule has 2 heterocycles. The van der Waals surface area contributed by atoms with Crippen molar-refractivity contribution in [3.63, 3.8) is 0 Å². The van der Waals surface area contributed by atoms with Gasteiger partial charge in [-0.3, -0.25) is 9.78 Å². The predicted molar refractivity (Wildman–Crippen MR) is 73.5 cm³/mol. The summed E-state index contributed by atoms with van der Waals surface area (Å²) in [7, 11) is 0. The lowest BCUT2D eigenvalue weighted by Crippen LogP contribution is -2.33. The Bertz CT molecular complexity index is 480. The maximum Gasteiger partial charge on any atom is 0.224 e. The SMILES string of the molecule is Cc1cccnc1CNC(=O)C1CC12CCNCC2. The number of piperidine rings is 1. The Labute approximate surface area is 114 Å². The van der Waals surface area contributed by atoms with Crippen LogP contribution >= 0.6 is 0 Å². The normalized spacial score (nSPS) is 24.2. The first-order valence-corrected chi connectivity index (χ1v) is 7.10. The monoisotopic (exact) mass is 259 g/mol. The molecule has 1 spiro atoms. The quantitative estimate of drug-likeness (QED) is 0.862. The smallest absolute Gasteiger partial charge is 0.224 e. The van der Waals surface area contributed by atoms with Gasteiger partial charge in [-0.05, 0) is 56.3 Å². The average Bonchev–Trinajstić information content (AvgIpc) is 3.12. The Hall–Kier alpha value is -1.42. The lowest BCUT2D eigenvalue weighted by Gasteiger charge is -2.23. The highest BCUT2D eigenvalue weighted by Gasteiger charge is 2.57. The standard InChI is InChI=1S/C15H21N3O/c1-11-3-2-6-17-13(11)10-18-14(19)12-9-15(12)4-7-16-8-5-15/h2-3,6,12,16H,4-5,7-10H2,1H3,(H,18,19). The minimum absolute atomic E-state index is 0.215. The number of aryl methyl sites for hydroxylation is 1. The maximum absolute atomic E-state index is 12.2. The number of amides is 1. The maximum atomic E-state index is 12.2. The van der Waals surface area contributed by atoms with Gasteiger partial charge in [0, 0.05) is 12.1 Å². The first-order chi connectivity index (χ1) is 9.21. The van der Waals surface area contributed by atoms with Crippen molar-refractivity contribution in [1.82, 2.24) is 15.6 Å². The summed E-state index contributed by atoms with van der Waals surface area (Å²) in [5.41, 5.74) is 2.42. The second-order valence-electron chi connectivity index (χ2n) is 5.85. The summed E-state index contributed by atoms with van der Waals surface area (Å²) in [4.78, 5) is 16.5. The fourth-order valence-corrected chi connectivity index (χ4v) is 3.19. The van der Waals surface area contributed by atoms with Gasteiger partial charge in [0.25, 0.3) is 0 Å². The van der Waals surface area contributed by atoms with Crippen LogP contribution in [0.25, 0.3) is 0 Å². The van der Waals surface area contributed by atoms with Gasteiger partial charge in [-0.15, -0.1) is 0 Å². The van der Waals surface area contributed by atoms with Crippen LogP contribution in [0.3, 0.4) is 0 Å². The van der Waals surface area contributed by atoms with Gasteiger partial charge < -0.3 is 10.6 Å². The zero-order chi connectivity index (χ0) is 13.3. The van der Waals surface area contributed by atoms with Crippen molar-refractivity contribution in [1.29, 1.82) is 0 Å². The molecule has 1 aliphatic heterocycles. The van der Waals surface area contributed by atoms with Crippen molar-refractivity contribution < 1.29 is 4.79 Å². The Balaban J connectivity index is 1.54. The molecule has 2 aliphatic rings. The van der Waals surface area contributed by atoms with E-state index in [1.807, 2.05) is 19.1 Å². The number of carbonyl (C=O) groups excluding carboxylic acids is 1. The Morgan fingerprint density at radius 1 is 1.53 bits per heavy atom. The highest BCUT2D eigenvalue weighted by molar-refractivity contribution is 5.82. The molecule has 19 heavy (non-hydrogen) atoms. The number of aromatic nitrogens is 1. The molecule has 0 radical (unpaired) electrons. The molecule has 2 fully saturated rings. The Kier molecular flexibility index (Phi) is 3.27. The van der Waals surface area contributed by atoms with Crippen molar-refractivity contribution >= 4 is 5.91 Å². The summed E-state index contributed by atoms with van der Waals surface area (Å²) in [5, 5.41) is 6.41. The first-order valence-electron chi connectivity index (χ1n) is 7.10. The number of nitrogens with zero attached hydrogens (tertiary/aromatic N) is 1. The van der Waals surface area contributed by atoms with Crippen LogP contribution in [0.1, 0.15) is 30.5 Å². The summed E-state index contributed by atoms with van der Waals surface area (Å²) >= 11 is 0. The third-order valence-corrected chi connectivity index (χ3v) is 4.65. The summed E-state index contributed by atoms with van der Waals surface area (Å²) in [6.07, 6.45) is 5.14. The molecule has 1 saturated heterocycles. The van der Waals surface area contributed by atoms with Gasteiger partial charge in [-0.2, -0.15) is 0 Å². The zero-order valence-electron chi connectivity index (χ0n) is 11.4. The lowest BCUT2D eigenvalue weighted by molar-refractivity contribution is -0.123. The van der Waals surface area contributed by atoms with Crippen LogP contribution in [0.2, 0.25) is 0 Å². The van der Waals surface area contributed by atoms with E-state index in [1.54, 1.807) is 6.20 Å². The molecule has 1 aromatic rings. The molecular weight excluding hydrogens is 238 g/mol. The summed E-state index contributed by atoms with van der Waals surface area (Å²) in [6.45, 7) is 4.70. The van der Waals surface area contributed by atoms with Gasteiger partial charge in [0.2, 0.25) is 5.91 Å². The zero-order valence-corrected chi connectivity index (χ0v) is 11.4. The third kappa shape index (κ3) is 2.50. The topological polar surface area (TPSA) is 54.0 Å². The molecule has 1 aromatic heterocycles. The van der Waals surface area contributed by atoms with Crippen LogP contribution in [0.4, 0.5) is 0 Å². The minimum Gasteiger partial charge on any atom is -0.350 e. The summed E-state index contributed by atoms with van der Waals surface area (Å²) in [6, 6.07) is 3.95. The van der Waals surface area contributed by atoms with E-state index in [1.165, 1.54) is 0 Å². The number of hydrogen-bond acceptors (Lipinski definition) is 3. The molecule has 1 saturated carbocycles. The van der Waals surface area contributed by atoms with E-state index in [4.69, 9.17) is 0 Å². The molecule has 1 amide bonds. The van der Waals surface area contributed by atoms with Crippen LogP contribution in [-0.2, 0) is 11.3 Å². The fraction of sp³-hybridized carbons (Fsp3) is 0.600. The van der Waals surface area contributed by atoms with Gasteiger partial charge in [0.15, 0.2) is 0 Å². The molecule has 102 valence electrons. The van der Waals surface area contributed by atoms with E-state index >= 15 is 0 Å². The highest BCUT2D eigenvalue weighted by Crippen LogP contribution is 2.58. The van der Waals surface area contributed by atoms with Gasteiger partial charge in [-0.25, -0.2) is 0 Å². The predicted octanol–water partition coefficient (Wildman–Crippen LogP) is 1.40. The molecule has 3 rings (SSSR count). The fourth-order valence-electron chi connectivity index (χ4n) is 3.19. The summed E-state index contributed by atoms with van der Waals surface area (Å²) < 4.78 is 0. The second kappa shape index (κ2) is 4.93. The Morgan fingerprint density at radius 3 is 3.05 bits per heavy atom. The van der Waals surface area contributed by atoms with Gasteiger partial charge >= 0.3 is 0 Å². The van der Waals surface area contributed by atoms with Gasteiger partial charge in [0.05, 0.1) is 12.2 Å². The van der Waals surface area contributed by atoms with Crippen LogP contribution in [0.5, 0.6) is 0 Å². The lowest BCUT2D eigenvalue weighted by atomic mass is 9.92. The van der Waals surface area contributed by atoms with Crippen LogP contribution in [0, 0.1) is 18.3 Å². The highest BCUT2D eigenvalue weighted by atomic mass is 16.2. The minimum atomic E-state index is 0.215. The molecule has 0 aromatic carbocycles. The van der Waals surface area contributed by atoms with E-state index in [0.29, 0.717) is 12.0 Å². The third-order valence-electron chi connectivity index (χ3n) is 4.65. The molecule has 0 bridgehead atoms. The van der Waals surface area contributed by atoms with E-state index in [0.717, 1.165) is 43.6 Å². The second-order valence-corrected chi connectivity index (χ2v) is 5.85. The van der Waals surface area contributed by atoms with Crippen LogP contribution in [-0.4, -0.2) is 24.0 Å². The Morgan fingerprint density at radius 2 is 2.32 bits per heavy atom. The molecular formula is C15H21N3O. The van der Waals surface area contributed by atoms with Gasteiger partial charge in [-0.1, -0.05) is 6.07 Å². The molecule has 4 heteroatoms. The van der Waals surface area contributed by atoms with E-state index in [2.05, 4.69) is 15.6 Å². The number of hydrogen-bond donors (Lipinski definition) is 2. The van der Waals surface area contributed by atoms with Crippen LogP contribution < -0.4 is 10.6 Å². The van der Waals surface area contributed by atoms with Crippen molar-refractivity contribution in [2.45, 2.75) is 32.7 Å². The van der Waals surface area contributed by atoms with Crippen molar-refractivity contribution in [3.05, 3.63) is 29.6 Å². The van der Waals surface area contributed by atoms with E-state index in [9.17, 15) is 4.79 Å². The van der Waals surface area contributed by atoms with E-state index in [-0.39, 0.29) is 11.8 Å². The van der Waals surface area contributed by atoms with Crippen molar-refractivity contribution in [3.8, 4) is 0 Å². The summed E-state index contributed by atoms with van der Waals surface area (Å²) in [5.74, 6) is 0.450. The number of rotatable bonds is 3. The number of pyridine rings is 1. The first kappa shape index (κ1) is 12.6. The van der Waals surface area contributed by atoms with Crippen LogP contribution in [0.15, 0.2) is 18.3 Å². The molecule has 1 unspecified atom stereocenters. The molecule has 4 nitrogen and oxygen atoms in total.